The summed E-state index contributed by atoms with van der Waals surface area (Å²) in [6.07, 6.45) is 0. The highest BCUT2D eigenvalue weighted by Gasteiger charge is 2.16. The number of hydrogen-bond donors (Lipinski definition) is 1. The second-order valence-corrected chi connectivity index (χ2v) is 4.86. The van der Waals surface area contributed by atoms with Crippen LogP contribution in [0.15, 0.2) is 40.9 Å². The van der Waals surface area contributed by atoms with Gasteiger partial charge in [-0.05, 0) is 46.3 Å². The van der Waals surface area contributed by atoms with Crippen LogP contribution in [-0.4, -0.2) is 10.8 Å². The van der Waals surface area contributed by atoms with Gasteiger partial charge < -0.3 is 5.32 Å². The molecule has 2 aromatic rings. The lowest BCUT2D eigenvalue weighted by atomic mass is 10.2. The molecule has 2 rings (SSSR count). The van der Waals surface area contributed by atoms with Gasteiger partial charge in [0.1, 0.15) is 5.82 Å². The zero-order valence-electron chi connectivity index (χ0n) is 10.3. The highest BCUT2D eigenvalue weighted by Crippen LogP contribution is 2.23. The SMILES string of the molecule is O=C(Nc1ccc(F)c([N+](=O)[O-])c1)c1ccc(F)cc1Br. The molecule has 0 bridgehead atoms. The predicted octanol–water partition coefficient (Wildman–Crippen LogP) is 3.89. The topological polar surface area (TPSA) is 72.2 Å². The Bertz CT molecular complexity index is 737. The lowest BCUT2D eigenvalue weighted by Gasteiger charge is -2.07. The van der Waals surface area contributed by atoms with Gasteiger partial charge in [-0.25, -0.2) is 4.39 Å². The summed E-state index contributed by atoms with van der Waals surface area (Å²) in [6.45, 7) is 0. The van der Waals surface area contributed by atoms with Crippen molar-refractivity contribution in [3.05, 3.63) is 68.2 Å². The van der Waals surface area contributed by atoms with E-state index in [0.29, 0.717) is 0 Å². The summed E-state index contributed by atoms with van der Waals surface area (Å²) in [5.74, 6) is -2.13. The van der Waals surface area contributed by atoms with Gasteiger partial charge in [-0.15, -0.1) is 0 Å². The van der Waals surface area contributed by atoms with E-state index in [0.717, 1.165) is 24.3 Å². The first-order valence-electron chi connectivity index (χ1n) is 5.59. The van der Waals surface area contributed by atoms with Crippen LogP contribution < -0.4 is 5.32 Å². The number of anilines is 1. The first-order chi connectivity index (χ1) is 9.88. The number of nitrogens with zero attached hydrogens (tertiary/aromatic N) is 1. The van der Waals surface area contributed by atoms with Crippen LogP contribution >= 0.6 is 15.9 Å². The Morgan fingerprint density at radius 1 is 1.19 bits per heavy atom. The Labute approximate surface area is 125 Å². The molecule has 0 unspecified atom stereocenters. The Morgan fingerprint density at radius 3 is 2.52 bits per heavy atom. The molecule has 2 aromatic carbocycles. The maximum absolute atomic E-state index is 13.2. The fourth-order valence-corrected chi connectivity index (χ4v) is 2.13. The summed E-state index contributed by atoms with van der Waals surface area (Å²) in [6, 6.07) is 6.46. The largest absolute Gasteiger partial charge is 0.322 e. The highest BCUT2D eigenvalue weighted by molar-refractivity contribution is 9.10. The van der Waals surface area contributed by atoms with E-state index in [9.17, 15) is 23.7 Å². The first-order valence-corrected chi connectivity index (χ1v) is 6.38. The average molecular weight is 357 g/mol. The second-order valence-electron chi connectivity index (χ2n) is 4.00. The summed E-state index contributed by atoms with van der Waals surface area (Å²) < 4.78 is 26.4. The maximum Gasteiger partial charge on any atom is 0.306 e. The van der Waals surface area contributed by atoms with Gasteiger partial charge >= 0.3 is 5.69 Å². The van der Waals surface area contributed by atoms with E-state index >= 15 is 0 Å². The summed E-state index contributed by atoms with van der Waals surface area (Å²) in [5, 5.41) is 13.0. The van der Waals surface area contributed by atoms with Crippen molar-refractivity contribution in [1.29, 1.82) is 0 Å². The van der Waals surface area contributed by atoms with Gasteiger partial charge in [0.25, 0.3) is 5.91 Å². The summed E-state index contributed by atoms with van der Waals surface area (Å²) in [5.41, 5.74) is -0.543. The van der Waals surface area contributed by atoms with Gasteiger partial charge in [-0.1, -0.05) is 0 Å². The number of rotatable bonds is 3. The van der Waals surface area contributed by atoms with Gasteiger partial charge in [-0.2, -0.15) is 4.39 Å². The number of halogens is 3. The molecule has 0 saturated carbocycles. The number of nitrogens with one attached hydrogen (secondary N) is 1. The molecule has 0 aliphatic heterocycles. The normalized spacial score (nSPS) is 10.2. The van der Waals surface area contributed by atoms with E-state index in [-0.39, 0.29) is 15.7 Å². The molecule has 0 aliphatic carbocycles. The van der Waals surface area contributed by atoms with Crippen LogP contribution in [0.1, 0.15) is 10.4 Å². The number of hydrogen-bond acceptors (Lipinski definition) is 3. The minimum absolute atomic E-state index is 0.0596. The molecule has 0 radical (unpaired) electrons. The van der Waals surface area contributed by atoms with Crippen LogP contribution in [0.5, 0.6) is 0 Å². The Kier molecular flexibility index (Phi) is 4.27. The molecule has 1 N–H and O–H groups in total. The number of benzene rings is 2. The Balaban J connectivity index is 2.27. The van der Waals surface area contributed by atoms with Crippen molar-refractivity contribution in [2.45, 2.75) is 0 Å². The number of nitro groups is 1. The predicted molar refractivity (Wildman–Crippen MR) is 75.1 cm³/mol. The highest BCUT2D eigenvalue weighted by atomic mass is 79.9. The fraction of sp³-hybridized carbons (Fsp3) is 0. The summed E-state index contributed by atoms with van der Waals surface area (Å²) >= 11 is 3.04. The van der Waals surface area contributed by atoms with Crippen LogP contribution in [-0.2, 0) is 0 Å². The molecule has 8 heteroatoms. The van der Waals surface area contributed by atoms with Crippen LogP contribution in [0, 0.1) is 21.7 Å². The van der Waals surface area contributed by atoms with E-state index in [1.54, 1.807) is 0 Å². The van der Waals surface area contributed by atoms with Crippen molar-refractivity contribution < 1.29 is 18.5 Å². The molecule has 0 spiro atoms. The number of nitro benzene ring substituents is 1. The molecular weight excluding hydrogens is 350 g/mol. The average Bonchev–Trinajstić information content (AvgIpc) is 2.40. The van der Waals surface area contributed by atoms with E-state index in [2.05, 4.69) is 21.2 Å². The van der Waals surface area contributed by atoms with Gasteiger partial charge in [-0.3, -0.25) is 14.9 Å². The molecular formula is C13H7BrF2N2O3. The van der Waals surface area contributed by atoms with Crippen molar-refractivity contribution in [2.75, 3.05) is 5.32 Å². The minimum atomic E-state index is -0.999. The number of amides is 1. The Hall–Kier alpha value is -2.35. The van der Waals surface area contributed by atoms with E-state index in [1.807, 2.05) is 0 Å². The van der Waals surface area contributed by atoms with Crippen molar-refractivity contribution in [1.82, 2.24) is 0 Å². The third kappa shape index (κ3) is 3.40. The molecule has 108 valence electrons. The quantitative estimate of drug-likeness (QED) is 0.669. The first kappa shape index (κ1) is 15.0. The monoisotopic (exact) mass is 356 g/mol. The zero-order valence-corrected chi connectivity index (χ0v) is 11.9. The van der Waals surface area contributed by atoms with Crippen LogP contribution in [0.2, 0.25) is 0 Å². The number of carbonyl (C=O) groups is 1. The standard InChI is InChI=1S/C13H7BrF2N2O3/c14-10-5-7(15)1-3-9(10)13(19)17-8-2-4-11(16)12(6-8)18(20)21/h1-6H,(H,17,19). The van der Waals surface area contributed by atoms with Gasteiger partial charge in [0, 0.05) is 16.2 Å². The van der Waals surface area contributed by atoms with Crippen molar-refractivity contribution in [3.8, 4) is 0 Å². The third-order valence-electron chi connectivity index (χ3n) is 2.58. The van der Waals surface area contributed by atoms with Crippen LogP contribution in [0.3, 0.4) is 0 Å². The zero-order chi connectivity index (χ0) is 15.6. The van der Waals surface area contributed by atoms with Gasteiger partial charge in [0.2, 0.25) is 5.82 Å². The molecule has 0 heterocycles. The number of carbonyl (C=O) groups excluding carboxylic acids is 1. The van der Waals surface area contributed by atoms with Crippen molar-refractivity contribution in [3.63, 3.8) is 0 Å². The molecule has 0 atom stereocenters. The smallest absolute Gasteiger partial charge is 0.306 e. The molecule has 0 aromatic heterocycles. The van der Waals surface area contributed by atoms with E-state index in [4.69, 9.17) is 0 Å². The van der Waals surface area contributed by atoms with E-state index in [1.165, 1.54) is 12.1 Å². The minimum Gasteiger partial charge on any atom is -0.322 e. The summed E-state index contributed by atoms with van der Waals surface area (Å²) in [7, 11) is 0. The van der Waals surface area contributed by atoms with Crippen LogP contribution in [0.25, 0.3) is 0 Å². The second kappa shape index (κ2) is 5.96. The van der Waals surface area contributed by atoms with Gasteiger partial charge in [0.05, 0.1) is 10.5 Å². The molecule has 1 amide bonds. The third-order valence-corrected chi connectivity index (χ3v) is 3.23. The molecule has 0 fully saturated rings. The van der Waals surface area contributed by atoms with Gasteiger partial charge in [0.15, 0.2) is 0 Å². The summed E-state index contributed by atoms with van der Waals surface area (Å²) in [4.78, 5) is 21.7. The maximum atomic E-state index is 13.2. The molecule has 5 nitrogen and oxygen atoms in total. The van der Waals surface area contributed by atoms with Crippen molar-refractivity contribution in [2.24, 2.45) is 0 Å². The Morgan fingerprint density at radius 2 is 1.90 bits per heavy atom. The molecule has 0 saturated heterocycles. The molecule has 0 aliphatic rings. The van der Waals surface area contributed by atoms with Crippen molar-refractivity contribution >= 4 is 33.2 Å². The lowest BCUT2D eigenvalue weighted by Crippen LogP contribution is -2.13. The van der Waals surface area contributed by atoms with Crippen LogP contribution in [0.4, 0.5) is 20.2 Å². The molecule has 21 heavy (non-hydrogen) atoms. The van der Waals surface area contributed by atoms with E-state index < -0.39 is 28.2 Å². The fourth-order valence-electron chi connectivity index (χ4n) is 1.60. The lowest BCUT2D eigenvalue weighted by molar-refractivity contribution is -0.387.